The Morgan fingerprint density at radius 3 is 2.60 bits per heavy atom. The minimum Gasteiger partial charge on any atom is -0.323 e. The maximum Gasteiger partial charge on any atom is 0.0405 e. The minimum atomic E-state index is -0.0559. The number of fused-ring (bicyclic) bond motifs is 1. The van der Waals surface area contributed by atoms with E-state index in [1.165, 1.54) is 10.8 Å². The molecule has 0 spiro atoms. The van der Waals surface area contributed by atoms with E-state index in [1.54, 1.807) is 0 Å². The Bertz CT molecular complexity index is 508. The van der Waals surface area contributed by atoms with Gasteiger partial charge in [0.05, 0.1) is 0 Å². The number of benzene rings is 2. The fourth-order valence-electron chi connectivity index (χ4n) is 1.68. The van der Waals surface area contributed by atoms with Crippen LogP contribution < -0.4 is 5.73 Å². The number of hydrogen-bond acceptors (Lipinski definition) is 1. The first-order valence-electron chi connectivity index (χ1n) is 4.99. The van der Waals surface area contributed by atoms with E-state index in [4.69, 9.17) is 12.2 Å². The molecule has 0 heterocycles. The molecule has 1 atom stereocenters. The molecule has 2 N–H and O–H groups in total. The number of hydrogen-bond donors (Lipinski definition) is 1. The first-order valence-corrected chi connectivity index (χ1v) is 4.99. The lowest BCUT2D eigenvalue weighted by molar-refractivity contribution is 0.756. The van der Waals surface area contributed by atoms with Crippen molar-refractivity contribution in [2.24, 2.45) is 5.73 Å². The SMILES string of the molecule is C#CCC(N)c1ccc2ccccc2c1. The summed E-state index contributed by atoms with van der Waals surface area (Å²) in [4.78, 5) is 0. The van der Waals surface area contributed by atoms with Gasteiger partial charge >= 0.3 is 0 Å². The Hall–Kier alpha value is -1.78. The monoisotopic (exact) mass is 195 g/mol. The maximum atomic E-state index is 5.95. The summed E-state index contributed by atoms with van der Waals surface area (Å²) in [5.74, 6) is 2.59. The van der Waals surface area contributed by atoms with Gasteiger partial charge in [-0.2, -0.15) is 0 Å². The Kier molecular flexibility index (Phi) is 2.71. The summed E-state index contributed by atoms with van der Waals surface area (Å²) >= 11 is 0. The normalized spacial score (nSPS) is 12.3. The fraction of sp³-hybridized carbons (Fsp3) is 0.143. The smallest absolute Gasteiger partial charge is 0.0405 e. The molecule has 0 fully saturated rings. The zero-order chi connectivity index (χ0) is 10.7. The Morgan fingerprint density at radius 1 is 1.13 bits per heavy atom. The molecule has 0 aliphatic heterocycles. The number of nitrogens with two attached hydrogens (primary N) is 1. The summed E-state index contributed by atoms with van der Waals surface area (Å²) in [6, 6.07) is 14.4. The molecule has 0 saturated heterocycles. The Labute approximate surface area is 89.9 Å². The molecule has 2 aromatic rings. The molecule has 2 aromatic carbocycles. The van der Waals surface area contributed by atoms with Gasteiger partial charge in [-0.25, -0.2) is 0 Å². The van der Waals surface area contributed by atoms with Crippen molar-refractivity contribution in [3.05, 3.63) is 48.0 Å². The molecule has 0 saturated carbocycles. The van der Waals surface area contributed by atoms with Crippen LogP contribution in [0.3, 0.4) is 0 Å². The maximum absolute atomic E-state index is 5.95. The van der Waals surface area contributed by atoms with E-state index in [0.717, 1.165) is 5.56 Å². The highest BCUT2D eigenvalue weighted by Crippen LogP contribution is 2.20. The van der Waals surface area contributed by atoms with Gasteiger partial charge in [0.2, 0.25) is 0 Å². The van der Waals surface area contributed by atoms with Gasteiger partial charge in [-0.15, -0.1) is 12.3 Å². The summed E-state index contributed by atoms with van der Waals surface area (Å²) in [6.45, 7) is 0. The lowest BCUT2D eigenvalue weighted by Gasteiger charge is -2.09. The van der Waals surface area contributed by atoms with Crippen LogP contribution in [0.5, 0.6) is 0 Å². The van der Waals surface area contributed by atoms with Crippen molar-refractivity contribution in [1.82, 2.24) is 0 Å². The van der Waals surface area contributed by atoms with Crippen LogP contribution in [-0.2, 0) is 0 Å². The highest BCUT2D eigenvalue weighted by atomic mass is 14.6. The third-order valence-electron chi connectivity index (χ3n) is 2.54. The molecule has 0 aliphatic rings. The van der Waals surface area contributed by atoms with Gasteiger partial charge in [0, 0.05) is 12.5 Å². The molecule has 0 amide bonds. The quantitative estimate of drug-likeness (QED) is 0.733. The number of terminal acetylenes is 1. The Morgan fingerprint density at radius 2 is 1.87 bits per heavy atom. The molecule has 1 heteroatoms. The summed E-state index contributed by atoms with van der Waals surface area (Å²) in [6.07, 6.45) is 5.83. The van der Waals surface area contributed by atoms with Gasteiger partial charge in [-0.05, 0) is 22.4 Å². The van der Waals surface area contributed by atoms with Gasteiger partial charge in [-0.3, -0.25) is 0 Å². The van der Waals surface area contributed by atoms with Crippen LogP contribution in [0.4, 0.5) is 0 Å². The summed E-state index contributed by atoms with van der Waals surface area (Å²) in [5.41, 5.74) is 7.06. The molecule has 15 heavy (non-hydrogen) atoms. The minimum absolute atomic E-state index is 0.0559. The van der Waals surface area contributed by atoms with E-state index >= 15 is 0 Å². The van der Waals surface area contributed by atoms with Crippen LogP contribution in [0, 0.1) is 12.3 Å². The summed E-state index contributed by atoms with van der Waals surface area (Å²) in [7, 11) is 0. The highest BCUT2D eigenvalue weighted by molar-refractivity contribution is 5.83. The lowest BCUT2D eigenvalue weighted by atomic mass is 10.0. The van der Waals surface area contributed by atoms with Crippen molar-refractivity contribution >= 4 is 10.8 Å². The zero-order valence-electron chi connectivity index (χ0n) is 8.48. The number of rotatable bonds is 2. The van der Waals surface area contributed by atoms with Gasteiger partial charge < -0.3 is 5.73 Å². The van der Waals surface area contributed by atoms with E-state index in [0.29, 0.717) is 6.42 Å². The molecular weight excluding hydrogens is 182 g/mol. The molecule has 0 bridgehead atoms. The van der Waals surface area contributed by atoms with Crippen molar-refractivity contribution in [2.45, 2.75) is 12.5 Å². The van der Waals surface area contributed by atoms with Crippen LogP contribution in [0.1, 0.15) is 18.0 Å². The van der Waals surface area contributed by atoms with Crippen molar-refractivity contribution in [2.75, 3.05) is 0 Å². The van der Waals surface area contributed by atoms with Crippen molar-refractivity contribution in [3.63, 3.8) is 0 Å². The van der Waals surface area contributed by atoms with Crippen molar-refractivity contribution in [3.8, 4) is 12.3 Å². The van der Waals surface area contributed by atoms with E-state index in [2.05, 4.69) is 30.2 Å². The van der Waals surface area contributed by atoms with E-state index in [9.17, 15) is 0 Å². The molecule has 0 radical (unpaired) electrons. The fourth-order valence-corrected chi connectivity index (χ4v) is 1.68. The molecule has 0 aromatic heterocycles. The molecule has 1 nitrogen and oxygen atoms in total. The lowest BCUT2D eigenvalue weighted by Crippen LogP contribution is -2.08. The average Bonchev–Trinajstić information content (AvgIpc) is 2.29. The zero-order valence-corrected chi connectivity index (χ0v) is 8.48. The van der Waals surface area contributed by atoms with Crippen molar-refractivity contribution in [1.29, 1.82) is 0 Å². The average molecular weight is 195 g/mol. The highest BCUT2D eigenvalue weighted by Gasteiger charge is 2.04. The topological polar surface area (TPSA) is 26.0 Å². The second-order valence-corrected chi connectivity index (χ2v) is 3.62. The predicted octanol–water partition coefficient (Wildman–Crippen LogP) is 2.86. The van der Waals surface area contributed by atoms with Gasteiger partial charge in [0.1, 0.15) is 0 Å². The summed E-state index contributed by atoms with van der Waals surface area (Å²) < 4.78 is 0. The third-order valence-corrected chi connectivity index (χ3v) is 2.54. The second kappa shape index (κ2) is 4.16. The molecule has 74 valence electrons. The van der Waals surface area contributed by atoms with Crippen molar-refractivity contribution < 1.29 is 0 Å². The first-order chi connectivity index (χ1) is 7.31. The van der Waals surface area contributed by atoms with Crippen LogP contribution in [-0.4, -0.2) is 0 Å². The molecular formula is C14H13N. The predicted molar refractivity (Wildman–Crippen MR) is 64.3 cm³/mol. The second-order valence-electron chi connectivity index (χ2n) is 3.62. The summed E-state index contributed by atoms with van der Waals surface area (Å²) in [5, 5.41) is 2.44. The molecule has 2 rings (SSSR count). The van der Waals surface area contributed by atoms with Crippen LogP contribution >= 0.6 is 0 Å². The van der Waals surface area contributed by atoms with Gasteiger partial charge in [0.25, 0.3) is 0 Å². The van der Waals surface area contributed by atoms with Crippen LogP contribution in [0.25, 0.3) is 10.8 Å². The third kappa shape index (κ3) is 2.01. The first kappa shape index (κ1) is 9.76. The van der Waals surface area contributed by atoms with Gasteiger partial charge in [0.15, 0.2) is 0 Å². The van der Waals surface area contributed by atoms with E-state index in [-0.39, 0.29) is 6.04 Å². The standard InChI is InChI=1S/C14H13N/c1-2-5-14(15)13-9-8-11-6-3-4-7-12(11)10-13/h1,3-4,6-10,14H,5,15H2. The largest absolute Gasteiger partial charge is 0.323 e. The van der Waals surface area contributed by atoms with Gasteiger partial charge in [-0.1, -0.05) is 36.4 Å². The van der Waals surface area contributed by atoms with Crippen LogP contribution in [0.2, 0.25) is 0 Å². The van der Waals surface area contributed by atoms with E-state index in [1.807, 2.05) is 18.2 Å². The van der Waals surface area contributed by atoms with Crippen LogP contribution in [0.15, 0.2) is 42.5 Å². The Balaban J connectivity index is 2.43. The molecule has 1 unspecified atom stereocenters. The van der Waals surface area contributed by atoms with E-state index < -0.39 is 0 Å². The molecule has 0 aliphatic carbocycles.